The molecule has 1 saturated carbocycles. The molecule has 0 radical (unpaired) electrons. The van der Waals surface area contributed by atoms with Gasteiger partial charge in [-0.1, -0.05) is 12.1 Å². The first-order valence-electron chi connectivity index (χ1n) is 8.75. The third-order valence-electron chi connectivity index (χ3n) is 4.92. The van der Waals surface area contributed by atoms with Crippen molar-refractivity contribution >= 4 is 5.91 Å². The summed E-state index contributed by atoms with van der Waals surface area (Å²) in [7, 11) is 0. The van der Waals surface area contributed by atoms with Gasteiger partial charge in [0.15, 0.2) is 0 Å². The van der Waals surface area contributed by atoms with Crippen molar-refractivity contribution in [3.05, 3.63) is 35.4 Å². The smallest absolute Gasteiger partial charge is 0.334 e. The molecule has 2 aliphatic rings. The molecule has 1 aliphatic heterocycles. The van der Waals surface area contributed by atoms with Crippen molar-refractivity contribution < 1.29 is 18.0 Å². The Labute approximate surface area is 146 Å². The van der Waals surface area contributed by atoms with Crippen LogP contribution in [0.1, 0.15) is 30.9 Å². The molecule has 1 aromatic carbocycles. The summed E-state index contributed by atoms with van der Waals surface area (Å²) in [6.07, 6.45) is -2.38. The quantitative estimate of drug-likeness (QED) is 0.882. The van der Waals surface area contributed by atoms with Crippen LogP contribution in [-0.2, 0) is 17.5 Å². The molecule has 2 fully saturated rings. The summed E-state index contributed by atoms with van der Waals surface area (Å²) in [5, 5.41) is 3.30. The number of piperazine rings is 1. The Morgan fingerprint density at radius 3 is 2.52 bits per heavy atom. The SMILES string of the molecule is C[C@@H]1CNCCN1CC(=O)N(Cc1ccc(C(F)(F)F)cc1)C1CC1. The van der Waals surface area contributed by atoms with Crippen molar-refractivity contribution in [2.75, 3.05) is 26.2 Å². The van der Waals surface area contributed by atoms with Crippen LogP contribution in [0.3, 0.4) is 0 Å². The number of alkyl halides is 3. The largest absolute Gasteiger partial charge is 0.416 e. The zero-order chi connectivity index (χ0) is 18.0. The van der Waals surface area contributed by atoms with Crippen molar-refractivity contribution in [1.29, 1.82) is 0 Å². The summed E-state index contributed by atoms with van der Waals surface area (Å²) in [4.78, 5) is 16.8. The minimum atomic E-state index is -4.33. The van der Waals surface area contributed by atoms with Gasteiger partial charge in [-0.15, -0.1) is 0 Å². The lowest BCUT2D eigenvalue weighted by atomic mass is 10.1. The van der Waals surface area contributed by atoms with Gasteiger partial charge in [-0.25, -0.2) is 0 Å². The van der Waals surface area contributed by atoms with E-state index in [1.807, 2.05) is 4.90 Å². The van der Waals surface area contributed by atoms with Crippen molar-refractivity contribution in [3.8, 4) is 0 Å². The summed E-state index contributed by atoms with van der Waals surface area (Å²) in [6.45, 7) is 5.43. The molecule has 1 aromatic rings. The van der Waals surface area contributed by atoms with Crippen molar-refractivity contribution in [3.63, 3.8) is 0 Å². The van der Waals surface area contributed by atoms with Gasteiger partial charge in [0, 0.05) is 38.3 Å². The fourth-order valence-electron chi connectivity index (χ4n) is 3.19. The third-order valence-corrected chi connectivity index (χ3v) is 4.92. The van der Waals surface area contributed by atoms with E-state index in [-0.39, 0.29) is 11.9 Å². The highest BCUT2D eigenvalue weighted by atomic mass is 19.4. The number of rotatable bonds is 5. The molecule has 4 nitrogen and oxygen atoms in total. The first kappa shape index (κ1) is 18.2. The molecule has 1 N–H and O–H groups in total. The Hall–Kier alpha value is -1.60. The van der Waals surface area contributed by atoms with Crippen LogP contribution < -0.4 is 5.32 Å². The Balaban J connectivity index is 1.64. The maximum Gasteiger partial charge on any atom is 0.416 e. The van der Waals surface area contributed by atoms with Gasteiger partial charge in [0.25, 0.3) is 0 Å². The van der Waals surface area contributed by atoms with Crippen LogP contribution in [0.5, 0.6) is 0 Å². The summed E-state index contributed by atoms with van der Waals surface area (Å²) in [5.74, 6) is 0.0659. The maximum atomic E-state index is 12.8. The standard InChI is InChI=1S/C18H24F3N3O/c1-13-10-22-8-9-23(13)12-17(25)24(16-6-7-16)11-14-2-4-15(5-3-14)18(19,20)21/h2-5,13,16,22H,6-12H2,1H3/t13-/m1/s1. The van der Waals surface area contributed by atoms with Crippen LogP contribution in [0.4, 0.5) is 13.2 Å². The minimum Gasteiger partial charge on any atom is -0.334 e. The van der Waals surface area contributed by atoms with Crippen LogP contribution in [-0.4, -0.2) is 54.0 Å². The van der Waals surface area contributed by atoms with Gasteiger partial charge in [0.2, 0.25) is 5.91 Å². The van der Waals surface area contributed by atoms with E-state index in [0.717, 1.165) is 50.2 Å². The van der Waals surface area contributed by atoms with Gasteiger partial charge in [0.1, 0.15) is 0 Å². The highest BCUT2D eigenvalue weighted by Crippen LogP contribution is 2.31. The van der Waals surface area contributed by atoms with Crippen LogP contribution in [0.25, 0.3) is 0 Å². The second-order valence-electron chi connectivity index (χ2n) is 6.97. The van der Waals surface area contributed by atoms with Gasteiger partial charge in [-0.3, -0.25) is 9.69 Å². The van der Waals surface area contributed by atoms with E-state index in [9.17, 15) is 18.0 Å². The lowest BCUT2D eigenvalue weighted by Gasteiger charge is -2.35. The number of benzene rings is 1. The number of nitrogens with zero attached hydrogens (tertiary/aromatic N) is 2. The van der Waals surface area contributed by atoms with Crippen LogP contribution in [0.2, 0.25) is 0 Å². The molecule has 0 unspecified atom stereocenters. The Morgan fingerprint density at radius 1 is 1.28 bits per heavy atom. The zero-order valence-electron chi connectivity index (χ0n) is 14.4. The molecule has 1 atom stereocenters. The number of nitrogens with one attached hydrogen (secondary N) is 1. The van der Waals surface area contributed by atoms with Gasteiger partial charge in [-0.05, 0) is 37.5 Å². The number of carbonyl (C=O) groups is 1. The highest BCUT2D eigenvalue weighted by molar-refractivity contribution is 5.79. The van der Waals surface area contributed by atoms with Gasteiger partial charge in [0.05, 0.1) is 12.1 Å². The second-order valence-corrected chi connectivity index (χ2v) is 6.97. The van der Waals surface area contributed by atoms with Crippen molar-refractivity contribution in [2.24, 2.45) is 0 Å². The predicted molar refractivity (Wildman–Crippen MR) is 88.9 cm³/mol. The summed E-state index contributed by atoms with van der Waals surface area (Å²) < 4.78 is 38.0. The fourth-order valence-corrected chi connectivity index (χ4v) is 3.19. The molecule has 7 heteroatoms. The van der Waals surface area contributed by atoms with Gasteiger partial charge in [-0.2, -0.15) is 13.2 Å². The molecule has 1 saturated heterocycles. The van der Waals surface area contributed by atoms with Gasteiger partial charge >= 0.3 is 6.18 Å². The number of hydrogen-bond acceptors (Lipinski definition) is 3. The molecule has 1 amide bonds. The summed E-state index contributed by atoms with van der Waals surface area (Å²) in [6, 6.07) is 5.66. The van der Waals surface area contributed by atoms with E-state index in [0.29, 0.717) is 19.1 Å². The topological polar surface area (TPSA) is 35.6 Å². The van der Waals surface area contributed by atoms with E-state index in [1.165, 1.54) is 12.1 Å². The zero-order valence-corrected chi connectivity index (χ0v) is 14.4. The minimum absolute atomic E-state index is 0.0659. The number of halogens is 3. The maximum absolute atomic E-state index is 12.8. The second kappa shape index (κ2) is 7.33. The molecular weight excluding hydrogens is 331 g/mol. The summed E-state index contributed by atoms with van der Waals surface area (Å²) >= 11 is 0. The lowest BCUT2D eigenvalue weighted by Crippen LogP contribution is -2.53. The summed E-state index contributed by atoms with van der Waals surface area (Å²) in [5.41, 5.74) is 0.0804. The van der Waals surface area contributed by atoms with E-state index >= 15 is 0 Å². The normalized spacial score (nSPS) is 22.0. The third kappa shape index (κ3) is 4.73. The fraction of sp³-hybridized carbons (Fsp3) is 0.611. The number of amides is 1. The molecule has 138 valence electrons. The van der Waals surface area contributed by atoms with Crippen molar-refractivity contribution in [1.82, 2.24) is 15.1 Å². The molecule has 1 heterocycles. The molecule has 0 spiro atoms. The molecular formula is C18H24F3N3O. The molecule has 3 rings (SSSR count). The first-order valence-corrected chi connectivity index (χ1v) is 8.75. The predicted octanol–water partition coefficient (Wildman–Crippen LogP) is 2.49. The first-order chi connectivity index (χ1) is 11.8. The Morgan fingerprint density at radius 2 is 1.96 bits per heavy atom. The average molecular weight is 355 g/mol. The lowest BCUT2D eigenvalue weighted by molar-refractivity contribution is -0.138. The number of carbonyl (C=O) groups excluding carboxylic acids is 1. The molecule has 1 aliphatic carbocycles. The number of hydrogen-bond donors (Lipinski definition) is 1. The molecule has 0 bridgehead atoms. The monoisotopic (exact) mass is 355 g/mol. The Kier molecular flexibility index (Phi) is 5.34. The van der Waals surface area contributed by atoms with Crippen LogP contribution in [0.15, 0.2) is 24.3 Å². The highest BCUT2D eigenvalue weighted by Gasteiger charge is 2.34. The average Bonchev–Trinajstić information content (AvgIpc) is 3.39. The van der Waals surface area contributed by atoms with E-state index in [4.69, 9.17) is 0 Å². The Bertz CT molecular complexity index is 599. The van der Waals surface area contributed by atoms with Crippen LogP contribution >= 0.6 is 0 Å². The van der Waals surface area contributed by atoms with E-state index < -0.39 is 11.7 Å². The van der Waals surface area contributed by atoms with E-state index in [1.54, 1.807) is 0 Å². The van der Waals surface area contributed by atoms with Crippen LogP contribution in [0, 0.1) is 0 Å². The van der Waals surface area contributed by atoms with Gasteiger partial charge < -0.3 is 10.2 Å². The molecule has 25 heavy (non-hydrogen) atoms. The molecule has 0 aromatic heterocycles. The van der Waals surface area contributed by atoms with E-state index in [2.05, 4.69) is 17.1 Å². The van der Waals surface area contributed by atoms with Crippen molar-refractivity contribution in [2.45, 2.75) is 44.6 Å².